The highest BCUT2D eigenvalue weighted by Crippen LogP contribution is 2.19. The van der Waals surface area contributed by atoms with Gasteiger partial charge in [-0.05, 0) is 38.5 Å². The van der Waals surface area contributed by atoms with E-state index in [2.05, 4.69) is 38.2 Å². The molecule has 3 nitrogen and oxygen atoms in total. The highest BCUT2D eigenvalue weighted by Gasteiger charge is 2.15. The monoisotopic (exact) mass is 237 g/mol. The summed E-state index contributed by atoms with van der Waals surface area (Å²) in [6, 6.07) is 8.71. The third kappa shape index (κ3) is 4.02. The number of rotatable bonds is 6. The summed E-state index contributed by atoms with van der Waals surface area (Å²) in [5.74, 6) is 0.892. The lowest BCUT2D eigenvalue weighted by Gasteiger charge is -2.24. The van der Waals surface area contributed by atoms with Crippen LogP contribution in [0.25, 0.3) is 0 Å². The summed E-state index contributed by atoms with van der Waals surface area (Å²) in [5, 5.41) is 3.52. The van der Waals surface area contributed by atoms with Crippen molar-refractivity contribution in [2.75, 3.05) is 14.2 Å². The molecule has 0 aliphatic carbocycles. The molecule has 0 bridgehead atoms. The van der Waals surface area contributed by atoms with E-state index < -0.39 is 0 Å². The minimum Gasteiger partial charge on any atom is -0.497 e. The Labute approximate surface area is 104 Å². The molecule has 0 aliphatic rings. The molecule has 1 aromatic carbocycles. The van der Waals surface area contributed by atoms with E-state index in [1.54, 1.807) is 14.2 Å². The van der Waals surface area contributed by atoms with Crippen molar-refractivity contribution in [2.45, 2.75) is 39.0 Å². The Balaban J connectivity index is 2.65. The molecule has 0 saturated heterocycles. The normalized spacial score (nSPS) is 16.3. The van der Waals surface area contributed by atoms with Gasteiger partial charge in [0.15, 0.2) is 0 Å². The van der Waals surface area contributed by atoms with E-state index in [1.165, 1.54) is 5.56 Å². The molecule has 3 heteroatoms. The summed E-state index contributed by atoms with van der Waals surface area (Å²) in [4.78, 5) is 0. The summed E-state index contributed by atoms with van der Waals surface area (Å²) in [5.41, 5.74) is 1.22. The van der Waals surface area contributed by atoms with Crippen LogP contribution in [-0.4, -0.2) is 26.4 Å². The molecular formula is C14H23NO2. The number of hydrogen-bond acceptors (Lipinski definition) is 3. The van der Waals surface area contributed by atoms with Gasteiger partial charge >= 0.3 is 0 Å². The first-order valence-corrected chi connectivity index (χ1v) is 6.01. The number of ether oxygens (including phenoxy) is 2. The van der Waals surface area contributed by atoms with Gasteiger partial charge in [0, 0.05) is 19.2 Å². The zero-order chi connectivity index (χ0) is 12.8. The van der Waals surface area contributed by atoms with Crippen molar-refractivity contribution < 1.29 is 9.47 Å². The lowest BCUT2D eigenvalue weighted by molar-refractivity contribution is 0.0852. The lowest BCUT2D eigenvalue weighted by atomic mass is 10.1. The lowest BCUT2D eigenvalue weighted by Crippen LogP contribution is -2.38. The van der Waals surface area contributed by atoms with E-state index in [4.69, 9.17) is 9.47 Å². The Kier molecular flexibility index (Phi) is 5.45. The topological polar surface area (TPSA) is 30.5 Å². The van der Waals surface area contributed by atoms with Gasteiger partial charge in [0.25, 0.3) is 0 Å². The number of benzene rings is 1. The predicted octanol–water partition coefficient (Wildman–Crippen LogP) is 2.77. The van der Waals surface area contributed by atoms with Crippen LogP contribution in [0.15, 0.2) is 24.3 Å². The molecule has 1 N–H and O–H groups in total. The van der Waals surface area contributed by atoms with Crippen LogP contribution >= 0.6 is 0 Å². The standard InChI is InChI=1S/C14H23NO2/c1-10(12(3)16-4)15-11(2)13-7-6-8-14(9-13)17-5/h6-12,15H,1-5H3/t10?,11-,12?/m0/s1. The molecule has 1 rings (SSSR count). The summed E-state index contributed by atoms with van der Waals surface area (Å²) in [7, 11) is 3.42. The maximum Gasteiger partial charge on any atom is 0.119 e. The zero-order valence-electron chi connectivity index (χ0n) is 11.4. The molecular weight excluding hydrogens is 214 g/mol. The van der Waals surface area contributed by atoms with Crippen molar-refractivity contribution in [2.24, 2.45) is 0 Å². The van der Waals surface area contributed by atoms with Gasteiger partial charge < -0.3 is 14.8 Å². The Morgan fingerprint density at radius 3 is 2.41 bits per heavy atom. The van der Waals surface area contributed by atoms with Gasteiger partial charge in [0.05, 0.1) is 13.2 Å². The summed E-state index contributed by atoms with van der Waals surface area (Å²) in [6.45, 7) is 6.34. The third-order valence-electron chi connectivity index (χ3n) is 3.18. The minimum atomic E-state index is 0.197. The second kappa shape index (κ2) is 6.62. The Hall–Kier alpha value is -1.06. The minimum absolute atomic E-state index is 0.197. The molecule has 0 fully saturated rings. The first-order valence-electron chi connectivity index (χ1n) is 6.01. The zero-order valence-corrected chi connectivity index (χ0v) is 11.4. The van der Waals surface area contributed by atoms with E-state index in [0.717, 1.165) is 5.75 Å². The van der Waals surface area contributed by atoms with E-state index in [-0.39, 0.29) is 12.1 Å². The first kappa shape index (κ1) is 14.0. The SMILES string of the molecule is COc1cccc([C@H](C)NC(C)C(C)OC)c1. The van der Waals surface area contributed by atoms with Gasteiger partial charge in [-0.2, -0.15) is 0 Å². The van der Waals surface area contributed by atoms with Gasteiger partial charge in [-0.1, -0.05) is 12.1 Å². The van der Waals surface area contributed by atoms with Crippen molar-refractivity contribution in [3.05, 3.63) is 29.8 Å². The average Bonchev–Trinajstić information content (AvgIpc) is 2.37. The van der Waals surface area contributed by atoms with E-state index in [1.807, 2.05) is 12.1 Å². The molecule has 0 aromatic heterocycles. The first-order chi connectivity index (χ1) is 8.08. The van der Waals surface area contributed by atoms with Crippen LogP contribution in [-0.2, 0) is 4.74 Å². The molecule has 1 aromatic rings. The van der Waals surface area contributed by atoms with Crippen molar-refractivity contribution >= 4 is 0 Å². The summed E-state index contributed by atoms with van der Waals surface area (Å²) in [6.07, 6.45) is 0.197. The van der Waals surface area contributed by atoms with E-state index >= 15 is 0 Å². The molecule has 0 saturated carbocycles. The van der Waals surface area contributed by atoms with Gasteiger partial charge in [0.1, 0.15) is 5.75 Å². The highest BCUT2D eigenvalue weighted by atomic mass is 16.5. The molecule has 17 heavy (non-hydrogen) atoms. The van der Waals surface area contributed by atoms with Gasteiger partial charge in [-0.25, -0.2) is 0 Å². The van der Waals surface area contributed by atoms with Crippen LogP contribution in [0.1, 0.15) is 32.4 Å². The molecule has 0 amide bonds. The van der Waals surface area contributed by atoms with Crippen molar-refractivity contribution in [3.63, 3.8) is 0 Å². The largest absolute Gasteiger partial charge is 0.497 e. The van der Waals surface area contributed by atoms with Crippen molar-refractivity contribution in [3.8, 4) is 5.75 Å². The summed E-state index contributed by atoms with van der Waals surface area (Å²) >= 11 is 0. The smallest absolute Gasteiger partial charge is 0.119 e. The van der Waals surface area contributed by atoms with Crippen LogP contribution < -0.4 is 10.1 Å². The van der Waals surface area contributed by atoms with E-state index in [9.17, 15) is 0 Å². The molecule has 0 aliphatic heterocycles. The molecule has 2 unspecified atom stereocenters. The molecule has 3 atom stereocenters. The van der Waals surface area contributed by atoms with Crippen LogP contribution in [0, 0.1) is 0 Å². The van der Waals surface area contributed by atoms with Crippen LogP contribution in [0.4, 0.5) is 0 Å². The number of nitrogens with one attached hydrogen (secondary N) is 1. The van der Waals surface area contributed by atoms with E-state index in [0.29, 0.717) is 6.04 Å². The Bertz CT molecular complexity index is 341. The third-order valence-corrected chi connectivity index (χ3v) is 3.18. The fraction of sp³-hybridized carbons (Fsp3) is 0.571. The van der Waals surface area contributed by atoms with Crippen LogP contribution in [0.3, 0.4) is 0 Å². The van der Waals surface area contributed by atoms with Crippen LogP contribution in [0.2, 0.25) is 0 Å². The second-order valence-corrected chi connectivity index (χ2v) is 4.39. The van der Waals surface area contributed by atoms with Gasteiger partial charge in [-0.15, -0.1) is 0 Å². The Morgan fingerprint density at radius 1 is 1.12 bits per heavy atom. The molecule has 96 valence electrons. The fourth-order valence-electron chi connectivity index (χ4n) is 1.74. The molecule has 0 radical (unpaired) electrons. The van der Waals surface area contributed by atoms with Gasteiger partial charge in [-0.3, -0.25) is 0 Å². The number of methoxy groups -OCH3 is 2. The average molecular weight is 237 g/mol. The van der Waals surface area contributed by atoms with Crippen molar-refractivity contribution in [1.29, 1.82) is 0 Å². The predicted molar refractivity (Wildman–Crippen MR) is 70.5 cm³/mol. The maximum atomic E-state index is 5.31. The van der Waals surface area contributed by atoms with Gasteiger partial charge in [0.2, 0.25) is 0 Å². The second-order valence-electron chi connectivity index (χ2n) is 4.39. The Morgan fingerprint density at radius 2 is 1.82 bits per heavy atom. The quantitative estimate of drug-likeness (QED) is 0.825. The highest BCUT2D eigenvalue weighted by molar-refractivity contribution is 5.30. The number of hydrogen-bond donors (Lipinski definition) is 1. The summed E-state index contributed by atoms with van der Waals surface area (Å²) < 4.78 is 10.5. The molecule has 0 heterocycles. The maximum absolute atomic E-state index is 5.31. The fourth-order valence-corrected chi connectivity index (χ4v) is 1.74. The van der Waals surface area contributed by atoms with Crippen LogP contribution in [0.5, 0.6) is 5.75 Å². The molecule has 0 spiro atoms. The van der Waals surface area contributed by atoms with Crippen molar-refractivity contribution in [1.82, 2.24) is 5.32 Å².